The molecular weight excluding hydrogens is 438 g/mol. The van der Waals surface area contributed by atoms with Crippen LogP contribution in [-0.2, 0) is 17.6 Å². The quantitative estimate of drug-likeness (QED) is 0.534. The topological polar surface area (TPSA) is 30.3 Å². The highest BCUT2D eigenvalue weighted by atomic mass is 79.9. The summed E-state index contributed by atoms with van der Waals surface area (Å²) in [7, 11) is 1.86. The molecule has 2 aromatic carbocycles. The summed E-state index contributed by atoms with van der Waals surface area (Å²) in [6.45, 7) is 7.52. The standard InChI is InChI=1S/C25H30BrN3O/c1-16-4-7-23-22(10-16)27-17(2)29(23)24-8-9-28(15-25(24)30-3)14-18-11-19-5-6-21(26)13-20(19)12-18/h4-7,10,13,18,24-25H,8-9,11-12,14-15H2,1-3H3/t18?,24-,25-/m1/s1. The van der Waals surface area contributed by atoms with Gasteiger partial charge in [0.05, 0.1) is 23.2 Å². The Labute approximate surface area is 187 Å². The maximum Gasteiger partial charge on any atom is 0.107 e. The molecule has 0 radical (unpaired) electrons. The van der Waals surface area contributed by atoms with Crippen molar-refractivity contribution in [3.63, 3.8) is 0 Å². The molecular formula is C25H30BrN3O. The van der Waals surface area contributed by atoms with Gasteiger partial charge in [0.1, 0.15) is 5.82 Å². The molecule has 4 nitrogen and oxygen atoms in total. The van der Waals surface area contributed by atoms with Gasteiger partial charge < -0.3 is 14.2 Å². The average molecular weight is 468 g/mol. The van der Waals surface area contributed by atoms with Gasteiger partial charge in [-0.3, -0.25) is 0 Å². The SMILES string of the molecule is CO[C@@H]1CN(CC2Cc3ccc(Br)cc3C2)CC[C@H]1n1c(C)nc2cc(C)ccc21. The lowest BCUT2D eigenvalue weighted by atomic mass is 9.98. The van der Waals surface area contributed by atoms with Crippen molar-refractivity contribution in [1.82, 2.24) is 14.5 Å². The lowest BCUT2D eigenvalue weighted by molar-refractivity contribution is -0.00928. The summed E-state index contributed by atoms with van der Waals surface area (Å²) in [6.07, 6.45) is 3.68. The molecule has 1 aliphatic carbocycles. The zero-order valence-electron chi connectivity index (χ0n) is 18.1. The van der Waals surface area contributed by atoms with Crippen molar-refractivity contribution in [3.05, 3.63) is 63.4 Å². The number of hydrogen-bond acceptors (Lipinski definition) is 3. The van der Waals surface area contributed by atoms with Crippen LogP contribution in [0.1, 0.15) is 35.0 Å². The first-order valence-corrected chi connectivity index (χ1v) is 11.8. The number of piperidine rings is 1. The Morgan fingerprint density at radius 1 is 1.10 bits per heavy atom. The van der Waals surface area contributed by atoms with E-state index >= 15 is 0 Å². The first-order chi connectivity index (χ1) is 14.5. The molecule has 1 aromatic heterocycles. The van der Waals surface area contributed by atoms with Crippen LogP contribution < -0.4 is 0 Å². The molecule has 1 saturated heterocycles. The molecule has 5 heteroatoms. The molecule has 158 valence electrons. The third-order valence-corrected chi connectivity index (χ3v) is 7.46. The van der Waals surface area contributed by atoms with Gasteiger partial charge in [-0.2, -0.15) is 0 Å². The fraction of sp³-hybridized carbons (Fsp3) is 0.480. The Kier molecular flexibility index (Phi) is 5.46. The molecule has 0 N–H and O–H groups in total. The van der Waals surface area contributed by atoms with Crippen molar-refractivity contribution >= 4 is 27.0 Å². The second-order valence-corrected chi connectivity index (χ2v) is 10.0. The number of nitrogens with zero attached hydrogens (tertiary/aromatic N) is 3. The van der Waals surface area contributed by atoms with Gasteiger partial charge in [0, 0.05) is 31.2 Å². The first-order valence-electron chi connectivity index (χ1n) is 11.0. The van der Waals surface area contributed by atoms with Gasteiger partial charge in [-0.15, -0.1) is 0 Å². The van der Waals surface area contributed by atoms with E-state index < -0.39 is 0 Å². The molecule has 0 bridgehead atoms. The van der Waals surface area contributed by atoms with E-state index in [1.807, 2.05) is 7.11 Å². The molecule has 5 rings (SSSR count). The summed E-state index contributed by atoms with van der Waals surface area (Å²) in [5.74, 6) is 1.80. The van der Waals surface area contributed by atoms with E-state index in [9.17, 15) is 0 Å². The number of aromatic nitrogens is 2. The van der Waals surface area contributed by atoms with Gasteiger partial charge in [0.25, 0.3) is 0 Å². The Balaban J connectivity index is 1.30. The normalized spacial score (nSPS) is 24.5. The van der Waals surface area contributed by atoms with Crippen molar-refractivity contribution < 1.29 is 4.74 Å². The van der Waals surface area contributed by atoms with Crippen LogP contribution in [0.25, 0.3) is 11.0 Å². The number of aryl methyl sites for hydroxylation is 2. The molecule has 1 fully saturated rings. The third kappa shape index (κ3) is 3.72. The first kappa shape index (κ1) is 20.2. The van der Waals surface area contributed by atoms with E-state index in [4.69, 9.17) is 9.72 Å². The molecule has 0 saturated carbocycles. The molecule has 1 aliphatic heterocycles. The number of hydrogen-bond donors (Lipinski definition) is 0. The lowest BCUT2D eigenvalue weighted by Gasteiger charge is -2.40. The molecule has 3 atom stereocenters. The minimum absolute atomic E-state index is 0.189. The van der Waals surface area contributed by atoms with Gasteiger partial charge in [-0.05, 0) is 80.0 Å². The van der Waals surface area contributed by atoms with Crippen LogP contribution in [0.5, 0.6) is 0 Å². The van der Waals surface area contributed by atoms with Crippen LogP contribution in [0.2, 0.25) is 0 Å². The third-order valence-electron chi connectivity index (χ3n) is 6.97. The second kappa shape index (κ2) is 8.10. The van der Waals surface area contributed by atoms with Crippen LogP contribution >= 0.6 is 15.9 Å². The number of likely N-dealkylation sites (tertiary alicyclic amines) is 1. The second-order valence-electron chi connectivity index (χ2n) is 9.10. The van der Waals surface area contributed by atoms with Crippen LogP contribution in [0.15, 0.2) is 40.9 Å². The van der Waals surface area contributed by atoms with E-state index in [0.717, 1.165) is 37.4 Å². The predicted molar refractivity (Wildman–Crippen MR) is 125 cm³/mol. The van der Waals surface area contributed by atoms with Gasteiger partial charge >= 0.3 is 0 Å². The fourth-order valence-corrected chi connectivity index (χ4v) is 5.99. The van der Waals surface area contributed by atoms with Crippen molar-refractivity contribution in [2.75, 3.05) is 26.7 Å². The highest BCUT2D eigenvalue weighted by molar-refractivity contribution is 9.10. The minimum atomic E-state index is 0.189. The Morgan fingerprint density at radius 2 is 1.93 bits per heavy atom. The van der Waals surface area contributed by atoms with Gasteiger partial charge in [-0.1, -0.05) is 28.1 Å². The van der Waals surface area contributed by atoms with E-state index in [2.05, 4.69) is 75.6 Å². The Bertz CT molecular complexity index is 1080. The monoisotopic (exact) mass is 467 g/mol. The number of halogens is 1. The lowest BCUT2D eigenvalue weighted by Crippen LogP contribution is -2.47. The number of benzene rings is 2. The summed E-state index contributed by atoms with van der Waals surface area (Å²) in [5.41, 5.74) is 6.63. The number of imidazole rings is 1. The smallest absolute Gasteiger partial charge is 0.107 e. The maximum absolute atomic E-state index is 6.03. The summed E-state index contributed by atoms with van der Waals surface area (Å²) in [4.78, 5) is 7.46. The summed E-state index contributed by atoms with van der Waals surface area (Å²) < 4.78 is 9.65. The van der Waals surface area contributed by atoms with Crippen LogP contribution in [0.3, 0.4) is 0 Å². The largest absolute Gasteiger partial charge is 0.378 e. The van der Waals surface area contributed by atoms with Gasteiger partial charge in [0.2, 0.25) is 0 Å². The van der Waals surface area contributed by atoms with Crippen molar-refractivity contribution in [1.29, 1.82) is 0 Å². The Morgan fingerprint density at radius 3 is 2.77 bits per heavy atom. The zero-order chi connectivity index (χ0) is 20.8. The minimum Gasteiger partial charge on any atom is -0.378 e. The fourth-order valence-electron chi connectivity index (χ4n) is 5.58. The molecule has 30 heavy (non-hydrogen) atoms. The van der Waals surface area contributed by atoms with E-state index in [-0.39, 0.29) is 6.10 Å². The molecule has 2 heterocycles. The molecule has 2 aliphatic rings. The van der Waals surface area contributed by atoms with E-state index in [1.54, 1.807) is 0 Å². The van der Waals surface area contributed by atoms with Gasteiger partial charge in [-0.25, -0.2) is 4.98 Å². The van der Waals surface area contributed by atoms with Crippen molar-refractivity contribution in [2.24, 2.45) is 5.92 Å². The number of fused-ring (bicyclic) bond motifs is 2. The summed E-state index contributed by atoms with van der Waals surface area (Å²) in [5, 5.41) is 0. The van der Waals surface area contributed by atoms with Gasteiger partial charge in [0.15, 0.2) is 0 Å². The molecule has 3 aromatic rings. The number of methoxy groups -OCH3 is 1. The zero-order valence-corrected chi connectivity index (χ0v) is 19.7. The molecule has 1 unspecified atom stereocenters. The van der Waals surface area contributed by atoms with Crippen LogP contribution in [0, 0.1) is 19.8 Å². The highest BCUT2D eigenvalue weighted by Gasteiger charge is 2.34. The average Bonchev–Trinajstić information content (AvgIpc) is 3.26. The van der Waals surface area contributed by atoms with Crippen LogP contribution in [0.4, 0.5) is 0 Å². The van der Waals surface area contributed by atoms with Crippen LogP contribution in [-0.4, -0.2) is 47.3 Å². The predicted octanol–water partition coefficient (Wildman–Crippen LogP) is 5.09. The Hall–Kier alpha value is -1.69. The molecule has 0 amide bonds. The maximum atomic E-state index is 6.03. The van der Waals surface area contributed by atoms with Crippen molar-refractivity contribution in [3.8, 4) is 0 Å². The summed E-state index contributed by atoms with van der Waals surface area (Å²) in [6, 6.07) is 13.7. The molecule has 0 spiro atoms. The van der Waals surface area contributed by atoms with E-state index in [0.29, 0.717) is 12.0 Å². The highest BCUT2D eigenvalue weighted by Crippen LogP contribution is 2.33. The van der Waals surface area contributed by atoms with E-state index in [1.165, 1.54) is 39.5 Å². The van der Waals surface area contributed by atoms with Crippen molar-refractivity contribution in [2.45, 2.75) is 45.3 Å². The number of ether oxygens (including phenoxy) is 1. The number of rotatable bonds is 4. The summed E-state index contributed by atoms with van der Waals surface area (Å²) >= 11 is 3.62.